The van der Waals surface area contributed by atoms with Gasteiger partial charge in [-0.1, -0.05) is 30.3 Å². The van der Waals surface area contributed by atoms with Gasteiger partial charge in [0.15, 0.2) is 0 Å². The average molecular weight is 283 g/mol. The summed E-state index contributed by atoms with van der Waals surface area (Å²) >= 11 is 1.07. The third-order valence-electron chi connectivity index (χ3n) is 2.68. The van der Waals surface area contributed by atoms with Crippen LogP contribution in [0.2, 0.25) is 0 Å². The van der Waals surface area contributed by atoms with Crippen LogP contribution in [0, 0.1) is 0 Å². The third kappa shape index (κ3) is 2.62. The zero-order valence-corrected chi connectivity index (χ0v) is 11.1. The highest BCUT2D eigenvalue weighted by atomic mass is 32.2. The number of sulfonamides is 1. The van der Waals surface area contributed by atoms with Crippen LogP contribution in [0.15, 0.2) is 46.0 Å². The molecule has 3 N–H and O–H groups in total. The molecule has 1 aromatic heterocycles. The Bertz CT molecular complexity index is 620. The lowest BCUT2D eigenvalue weighted by Gasteiger charge is -2.14. The van der Waals surface area contributed by atoms with Crippen molar-refractivity contribution in [2.24, 2.45) is 5.14 Å². The lowest BCUT2D eigenvalue weighted by atomic mass is 9.94. The first-order valence-corrected chi connectivity index (χ1v) is 7.72. The normalized spacial score (nSPS) is 13.4. The molecule has 2 rings (SSSR count). The number of aliphatic hydroxyl groups excluding tert-OH is 1. The van der Waals surface area contributed by atoms with E-state index in [9.17, 15) is 13.5 Å². The van der Waals surface area contributed by atoms with Crippen LogP contribution in [-0.4, -0.2) is 20.1 Å². The second-order valence-electron chi connectivity index (χ2n) is 3.85. The minimum atomic E-state index is -3.75. The van der Waals surface area contributed by atoms with E-state index in [1.54, 1.807) is 11.4 Å². The predicted octanol–water partition coefficient (Wildman–Crippen LogP) is 1.52. The molecule has 0 aliphatic rings. The van der Waals surface area contributed by atoms with Gasteiger partial charge in [-0.15, -0.1) is 11.3 Å². The van der Waals surface area contributed by atoms with Gasteiger partial charge >= 0.3 is 0 Å². The molecule has 18 heavy (non-hydrogen) atoms. The number of aliphatic hydroxyl groups is 1. The maximum absolute atomic E-state index is 11.5. The van der Waals surface area contributed by atoms with Crippen molar-refractivity contribution in [3.63, 3.8) is 0 Å². The lowest BCUT2D eigenvalue weighted by molar-refractivity contribution is 0.280. The second-order valence-corrected chi connectivity index (χ2v) is 6.53. The zero-order chi connectivity index (χ0) is 13.2. The SMILES string of the molecule is NS(=O)(=O)c1sccc1[C@@H](CO)c1ccccc1. The van der Waals surface area contributed by atoms with Gasteiger partial charge in [-0.2, -0.15) is 0 Å². The molecule has 0 spiro atoms. The van der Waals surface area contributed by atoms with Crippen LogP contribution >= 0.6 is 11.3 Å². The summed E-state index contributed by atoms with van der Waals surface area (Å²) in [6, 6.07) is 11.0. The molecule has 0 saturated heterocycles. The topological polar surface area (TPSA) is 80.4 Å². The summed E-state index contributed by atoms with van der Waals surface area (Å²) in [4.78, 5) is 0. The van der Waals surface area contributed by atoms with Crippen LogP contribution in [0.3, 0.4) is 0 Å². The minimum Gasteiger partial charge on any atom is -0.395 e. The summed E-state index contributed by atoms with van der Waals surface area (Å²) in [6.07, 6.45) is 0. The number of hydrogen-bond donors (Lipinski definition) is 2. The molecule has 6 heteroatoms. The molecule has 0 bridgehead atoms. The van der Waals surface area contributed by atoms with Gasteiger partial charge in [-0.3, -0.25) is 0 Å². The van der Waals surface area contributed by atoms with Gasteiger partial charge in [-0.05, 0) is 22.6 Å². The number of benzene rings is 1. The quantitative estimate of drug-likeness (QED) is 0.892. The summed E-state index contributed by atoms with van der Waals surface area (Å²) in [5.41, 5.74) is 1.42. The Morgan fingerprint density at radius 1 is 1.22 bits per heavy atom. The van der Waals surface area contributed by atoms with Crippen molar-refractivity contribution < 1.29 is 13.5 Å². The van der Waals surface area contributed by atoms with Crippen molar-refractivity contribution in [2.75, 3.05) is 6.61 Å². The van der Waals surface area contributed by atoms with Gasteiger partial charge in [0, 0.05) is 5.92 Å². The molecule has 0 saturated carbocycles. The molecular weight excluding hydrogens is 270 g/mol. The molecule has 1 atom stereocenters. The van der Waals surface area contributed by atoms with Crippen molar-refractivity contribution in [3.05, 3.63) is 52.9 Å². The smallest absolute Gasteiger partial charge is 0.247 e. The first-order chi connectivity index (χ1) is 8.54. The largest absolute Gasteiger partial charge is 0.395 e. The molecule has 2 aromatic rings. The van der Waals surface area contributed by atoms with Crippen molar-refractivity contribution in [1.29, 1.82) is 0 Å². The average Bonchev–Trinajstić information content (AvgIpc) is 2.80. The molecule has 0 unspecified atom stereocenters. The fraction of sp³-hybridized carbons (Fsp3) is 0.167. The second kappa shape index (κ2) is 5.19. The maximum atomic E-state index is 11.5. The maximum Gasteiger partial charge on any atom is 0.247 e. The molecule has 1 aromatic carbocycles. The van der Waals surface area contributed by atoms with E-state index in [1.807, 2.05) is 30.3 Å². The molecule has 0 amide bonds. The van der Waals surface area contributed by atoms with Crippen LogP contribution < -0.4 is 5.14 Å². The highest BCUT2D eigenvalue weighted by Crippen LogP contribution is 2.32. The highest BCUT2D eigenvalue weighted by molar-refractivity contribution is 7.91. The van der Waals surface area contributed by atoms with Gasteiger partial charge in [0.25, 0.3) is 0 Å². The summed E-state index contributed by atoms with van der Waals surface area (Å²) in [5.74, 6) is -0.370. The first-order valence-electron chi connectivity index (χ1n) is 5.30. The predicted molar refractivity (Wildman–Crippen MR) is 71.1 cm³/mol. The Morgan fingerprint density at radius 2 is 1.89 bits per heavy atom. The first kappa shape index (κ1) is 13.2. The van der Waals surface area contributed by atoms with Crippen molar-refractivity contribution >= 4 is 21.4 Å². The standard InChI is InChI=1S/C12H13NO3S2/c13-18(15,16)12-10(6-7-17-12)11(8-14)9-4-2-1-3-5-9/h1-7,11,14H,8H2,(H2,13,15,16)/t11-/m0/s1. The fourth-order valence-electron chi connectivity index (χ4n) is 1.86. The van der Waals surface area contributed by atoms with E-state index in [2.05, 4.69) is 0 Å². The fourth-order valence-corrected chi connectivity index (χ4v) is 3.79. The number of primary sulfonamides is 1. The molecule has 0 fully saturated rings. The number of nitrogens with two attached hydrogens (primary N) is 1. The van der Waals surface area contributed by atoms with E-state index in [0.29, 0.717) is 5.56 Å². The molecule has 1 heterocycles. The summed E-state index contributed by atoms with van der Waals surface area (Å²) in [7, 11) is -3.75. The Labute approximate surface area is 110 Å². The van der Waals surface area contributed by atoms with E-state index in [4.69, 9.17) is 5.14 Å². The van der Waals surface area contributed by atoms with E-state index in [0.717, 1.165) is 16.9 Å². The summed E-state index contributed by atoms with van der Waals surface area (Å²) < 4.78 is 23.1. The van der Waals surface area contributed by atoms with Crippen molar-refractivity contribution in [1.82, 2.24) is 0 Å². The van der Waals surface area contributed by atoms with Crippen molar-refractivity contribution in [3.8, 4) is 0 Å². The zero-order valence-electron chi connectivity index (χ0n) is 9.48. The van der Waals surface area contributed by atoms with Gasteiger partial charge in [-0.25, -0.2) is 13.6 Å². The monoisotopic (exact) mass is 283 g/mol. The van der Waals surface area contributed by atoms with Gasteiger partial charge in [0.2, 0.25) is 10.0 Å². The third-order valence-corrected chi connectivity index (χ3v) is 5.14. The molecule has 0 aliphatic carbocycles. The number of rotatable bonds is 4. The molecule has 0 radical (unpaired) electrons. The van der Waals surface area contributed by atoms with Gasteiger partial charge in [0.05, 0.1) is 6.61 Å². The summed E-state index contributed by atoms with van der Waals surface area (Å²) in [6.45, 7) is -0.163. The Kier molecular flexibility index (Phi) is 3.82. The van der Waals surface area contributed by atoms with Crippen molar-refractivity contribution in [2.45, 2.75) is 10.1 Å². The van der Waals surface area contributed by atoms with E-state index < -0.39 is 10.0 Å². The Morgan fingerprint density at radius 3 is 2.44 bits per heavy atom. The number of hydrogen-bond acceptors (Lipinski definition) is 4. The molecule has 96 valence electrons. The van der Waals surface area contributed by atoms with Gasteiger partial charge < -0.3 is 5.11 Å². The van der Waals surface area contributed by atoms with E-state index >= 15 is 0 Å². The van der Waals surface area contributed by atoms with Crippen LogP contribution in [0.4, 0.5) is 0 Å². The highest BCUT2D eigenvalue weighted by Gasteiger charge is 2.23. The number of thiophene rings is 1. The van der Waals surface area contributed by atoms with Crippen LogP contribution in [0.5, 0.6) is 0 Å². The Balaban J connectivity index is 2.51. The molecule has 0 aliphatic heterocycles. The van der Waals surface area contributed by atoms with Gasteiger partial charge in [0.1, 0.15) is 4.21 Å². The van der Waals surface area contributed by atoms with Crippen LogP contribution in [0.1, 0.15) is 17.0 Å². The van der Waals surface area contributed by atoms with Crippen LogP contribution in [-0.2, 0) is 10.0 Å². The molecular formula is C12H13NO3S2. The molecule has 4 nitrogen and oxygen atoms in total. The summed E-state index contributed by atoms with van der Waals surface area (Å²) in [5, 5.41) is 16.4. The Hall–Kier alpha value is -1.21. The van der Waals surface area contributed by atoms with E-state index in [-0.39, 0.29) is 16.7 Å². The lowest BCUT2D eigenvalue weighted by Crippen LogP contribution is -2.15. The minimum absolute atomic E-state index is 0.116. The van der Waals surface area contributed by atoms with E-state index in [1.165, 1.54) is 0 Å². The van der Waals surface area contributed by atoms with Crippen LogP contribution in [0.25, 0.3) is 0 Å².